The van der Waals surface area contributed by atoms with Crippen LogP contribution in [-0.2, 0) is 0 Å². The van der Waals surface area contributed by atoms with Gasteiger partial charge in [0.15, 0.2) is 0 Å². The summed E-state index contributed by atoms with van der Waals surface area (Å²) in [5, 5.41) is 0. The molecule has 0 amide bonds. The maximum Gasteiger partial charge on any atom is 0.127 e. The van der Waals surface area contributed by atoms with Crippen LogP contribution in [0, 0.1) is 6.92 Å². The lowest BCUT2D eigenvalue weighted by atomic mass is 9.98. The highest BCUT2D eigenvalue weighted by molar-refractivity contribution is 5.39. The van der Waals surface area contributed by atoms with Crippen molar-refractivity contribution in [2.75, 3.05) is 0 Å². The Balaban J connectivity index is 2.13. The molecule has 0 bridgehead atoms. The van der Waals surface area contributed by atoms with Gasteiger partial charge in [0.2, 0.25) is 0 Å². The molecule has 0 fully saturated rings. The fourth-order valence-electron chi connectivity index (χ4n) is 2.51. The van der Waals surface area contributed by atoms with Crippen molar-refractivity contribution < 1.29 is 4.74 Å². The number of aryl methyl sites for hydroxylation is 1. The van der Waals surface area contributed by atoms with Crippen molar-refractivity contribution in [1.82, 2.24) is 0 Å². The minimum Gasteiger partial charge on any atom is -0.457 e. The van der Waals surface area contributed by atoms with Crippen LogP contribution in [0.25, 0.3) is 0 Å². The second-order valence-electron chi connectivity index (χ2n) is 5.86. The zero-order chi connectivity index (χ0) is 15.4. The first kappa shape index (κ1) is 15.6. The van der Waals surface area contributed by atoms with E-state index in [0.717, 1.165) is 23.5 Å². The molecule has 2 nitrogen and oxygen atoms in total. The molecule has 2 aromatic rings. The van der Waals surface area contributed by atoms with Crippen LogP contribution in [0.4, 0.5) is 0 Å². The predicted octanol–water partition coefficient (Wildman–Crippen LogP) is 5.32. The summed E-state index contributed by atoms with van der Waals surface area (Å²) in [6.07, 6.45) is 0.941. The summed E-state index contributed by atoms with van der Waals surface area (Å²) in [5.74, 6) is 2.26. The highest BCUT2D eigenvalue weighted by Gasteiger charge is 2.06. The van der Waals surface area contributed by atoms with Crippen molar-refractivity contribution in [2.45, 2.75) is 46.1 Å². The molecule has 0 aliphatic carbocycles. The van der Waals surface area contributed by atoms with Crippen LogP contribution < -0.4 is 10.5 Å². The quantitative estimate of drug-likeness (QED) is 0.806. The monoisotopic (exact) mass is 283 g/mol. The van der Waals surface area contributed by atoms with Gasteiger partial charge in [-0.15, -0.1) is 0 Å². The molecule has 2 N–H and O–H groups in total. The Morgan fingerprint density at radius 2 is 1.62 bits per heavy atom. The molecular weight excluding hydrogens is 258 g/mol. The summed E-state index contributed by atoms with van der Waals surface area (Å²) in [6.45, 7) is 8.64. The first-order valence-electron chi connectivity index (χ1n) is 7.65. The second kappa shape index (κ2) is 6.77. The lowest BCUT2D eigenvalue weighted by molar-refractivity contribution is 0.481. The fraction of sp³-hybridized carbons (Fsp3) is 0.368. The van der Waals surface area contributed by atoms with Gasteiger partial charge in [-0.25, -0.2) is 0 Å². The van der Waals surface area contributed by atoms with Crippen LogP contribution in [0.1, 0.15) is 55.8 Å². The van der Waals surface area contributed by atoms with E-state index in [1.165, 1.54) is 11.1 Å². The molecule has 2 heteroatoms. The molecular formula is C19H25NO. The second-order valence-corrected chi connectivity index (χ2v) is 5.86. The minimum atomic E-state index is 0.103. The van der Waals surface area contributed by atoms with Gasteiger partial charge in [-0.2, -0.15) is 0 Å². The maximum absolute atomic E-state index is 6.02. The van der Waals surface area contributed by atoms with Gasteiger partial charge in [0.1, 0.15) is 11.5 Å². The third-order valence-corrected chi connectivity index (χ3v) is 3.85. The van der Waals surface area contributed by atoms with Crippen LogP contribution in [0.3, 0.4) is 0 Å². The minimum absolute atomic E-state index is 0.103. The molecule has 1 atom stereocenters. The van der Waals surface area contributed by atoms with Crippen LogP contribution in [0.2, 0.25) is 0 Å². The highest BCUT2D eigenvalue weighted by Crippen LogP contribution is 2.27. The Labute approximate surface area is 127 Å². The van der Waals surface area contributed by atoms with Crippen molar-refractivity contribution >= 4 is 0 Å². The maximum atomic E-state index is 6.02. The molecule has 0 saturated heterocycles. The van der Waals surface area contributed by atoms with Crippen molar-refractivity contribution in [3.63, 3.8) is 0 Å². The van der Waals surface area contributed by atoms with Crippen molar-refractivity contribution in [3.05, 3.63) is 59.2 Å². The number of benzene rings is 2. The molecule has 0 aliphatic rings. The Morgan fingerprint density at radius 3 is 2.14 bits per heavy atom. The van der Waals surface area contributed by atoms with E-state index >= 15 is 0 Å². The zero-order valence-electron chi connectivity index (χ0n) is 13.4. The number of rotatable bonds is 5. The van der Waals surface area contributed by atoms with E-state index in [2.05, 4.69) is 39.8 Å². The van der Waals surface area contributed by atoms with Gasteiger partial charge in [0.05, 0.1) is 0 Å². The van der Waals surface area contributed by atoms with Crippen LogP contribution in [-0.4, -0.2) is 0 Å². The summed E-state index contributed by atoms with van der Waals surface area (Å²) in [5.41, 5.74) is 9.81. The molecule has 0 spiro atoms. The summed E-state index contributed by atoms with van der Waals surface area (Å²) in [4.78, 5) is 0. The molecule has 0 saturated carbocycles. The summed E-state index contributed by atoms with van der Waals surface area (Å²) in [7, 11) is 0. The smallest absolute Gasteiger partial charge is 0.127 e. The van der Waals surface area contributed by atoms with Crippen molar-refractivity contribution in [3.8, 4) is 11.5 Å². The van der Waals surface area contributed by atoms with Gasteiger partial charge in [0, 0.05) is 6.04 Å². The Morgan fingerprint density at radius 1 is 1.00 bits per heavy atom. The average Bonchev–Trinajstić information content (AvgIpc) is 2.47. The van der Waals surface area contributed by atoms with Crippen molar-refractivity contribution in [2.24, 2.45) is 5.73 Å². The lowest BCUT2D eigenvalue weighted by Gasteiger charge is -2.13. The third kappa shape index (κ3) is 3.85. The molecule has 0 aromatic heterocycles. The van der Waals surface area contributed by atoms with Crippen molar-refractivity contribution in [1.29, 1.82) is 0 Å². The van der Waals surface area contributed by atoms with E-state index in [4.69, 9.17) is 10.5 Å². The number of hydrogen-bond donors (Lipinski definition) is 1. The summed E-state index contributed by atoms with van der Waals surface area (Å²) in [6, 6.07) is 14.4. The van der Waals surface area contributed by atoms with E-state index in [1.807, 2.05) is 30.3 Å². The normalized spacial score (nSPS) is 12.5. The molecule has 21 heavy (non-hydrogen) atoms. The van der Waals surface area contributed by atoms with Gasteiger partial charge in [0.25, 0.3) is 0 Å². The van der Waals surface area contributed by atoms with Gasteiger partial charge >= 0.3 is 0 Å². The standard InChI is InChI=1S/C19H25NO/c1-5-19(20)15-6-8-16(9-7-15)21-17-10-11-18(13(2)3)14(4)12-17/h6-13,19H,5,20H2,1-4H3/t19-/m1/s1. The molecule has 112 valence electrons. The number of hydrogen-bond acceptors (Lipinski definition) is 2. The van der Waals surface area contributed by atoms with Crippen LogP contribution >= 0.6 is 0 Å². The Hall–Kier alpha value is -1.80. The van der Waals surface area contributed by atoms with E-state index in [0.29, 0.717) is 5.92 Å². The SMILES string of the molecule is CC[C@@H](N)c1ccc(Oc2ccc(C(C)C)c(C)c2)cc1. The van der Waals surface area contributed by atoms with Crippen LogP contribution in [0.15, 0.2) is 42.5 Å². The lowest BCUT2D eigenvalue weighted by Crippen LogP contribution is -2.08. The van der Waals surface area contributed by atoms with Gasteiger partial charge in [-0.1, -0.05) is 39.0 Å². The highest BCUT2D eigenvalue weighted by atomic mass is 16.5. The average molecular weight is 283 g/mol. The molecule has 0 radical (unpaired) electrons. The van der Waals surface area contributed by atoms with E-state index < -0.39 is 0 Å². The Kier molecular flexibility index (Phi) is 5.03. The first-order chi connectivity index (χ1) is 10.0. The van der Waals surface area contributed by atoms with Gasteiger partial charge < -0.3 is 10.5 Å². The zero-order valence-corrected chi connectivity index (χ0v) is 13.4. The van der Waals surface area contributed by atoms with Gasteiger partial charge in [-0.05, 0) is 60.2 Å². The summed E-state index contributed by atoms with van der Waals surface area (Å²) >= 11 is 0. The molecule has 2 aromatic carbocycles. The number of ether oxygens (including phenoxy) is 1. The molecule has 0 unspecified atom stereocenters. The topological polar surface area (TPSA) is 35.2 Å². The van der Waals surface area contributed by atoms with E-state index in [-0.39, 0.29) is 6.04 Å². The third-order valence-electron chi connectivity index (χ3n) is 3.85. The fourth-order valence-corrected chi connectivity index (χ4v) is 2.51. The van der Waals surface area contributed by atoms with E-state index in [1.54, 1.807) is 0 Å². The van der Waals surface area contributed by atoms with E-state index in [9.17, 15) is 0 Å². The molecule has 2 rings (SSSR count). The number of nitrogens with two attached hydrogens (primary N) is 1. The predicted molar refractivity (Wildman–Crippen MR) is 89.0 cm³/mol. The van der Waals surface area contributed by atoms with Gasteiger partial charge in [-0.3, -0.25) is 0 Å². The molecule has 0 heterocycles. The summed E-state index contributed by atoms with van der Waals surface area (Å²) < 4.78 is 5.92. The first-order valence-corrected chi connectivity index (χ1v) is 7.65. The van der Waals surface area contributed by atoms with Crippen LogP contribution in [0.5, 0.6) is 11.5 Å². The molecule has 0 aliphatic heterocycles. The Bertz CT molecular complexity index is 587. The largest absolute Gasteiger partial charge is 0.457 e.